The van der Waals surface area contributed by atoms with Crippen LogP contribution in [-0.4, -0.2) is 49.2 Å². The number of hydrogen-bond acceptors (Lipinski definition) is 6. The van der Waals surface area contributed by atoms with Crippen molar-refractivity contribution in [1.29, 1.82) is 0 Å². The van der Waals surface area contributed by atoms with Crippen molar-refractivity contribution in [2.24, 2.45) is 0 Å². The summed E-state index contributed by atoms with van der Waals surface area (Å²) in [5.74, 6) is -2.53. The van der Waals surface area contributed by atoms with E-state index in [1.807, 2.05) is 36.4 Å². The van der Waals surface area contributed by atoms with Crippen LogP contribution in [0.2, 0.25) is 0 Å². The van der Waals surface area contributed by atoms with Gasteiger partial charge in [-0.25, -0.2) is 13.2 Å². The number of amides is 2. The molecule has 1 aliphatic rings. The van der Waals surface area contributed by atoms with Crippen molar-refractivity contribution in [3.05, 3.63) is 107 Å². The summed E-state index contributed by atoms with van der Waals surface area (Å²) in [6.07, 6.45) is -0.0284. The predicted molar refractivity (Wildman–Crippen MR) is 126 cm³/mol. The van der Waals surface area contributed by atoms with Gasteiger partial charge in [0, 0.05) is 6.26 Å². The van der Waals surface area contributed by atoms with Crippen molar-refractivity contribution in [3.8, 4) is 0 Å². The average Bonchev–Trinajstić information content (AvgIpc) is 3.08. The Bertz CT molecular complexity index is 1250. The van der Waals surface area contributed by atoms with Crippen LogP contribution >= 0.6 is 0 Å². The molecule has 34 heavy (non-hydrogen) atoms. The fourth-order valence-corrected chi connectivity index (χ4v) is 4.60. The van der Waals surface area contributed by atoms with Gasteiger partial charge in [-0.2, -0.15) is 0 Å². The Morgan fingerprint density at radius 3 is 1.68 bits per heavy atom. The third kappa shape index (κ3) is 4.92. The van der Waals surface area contributed by atoms with Crippen molar-refractivity contribution >= 4 is 27.6 Å². The molecule has 3 aromatic rings. The number of nitrogens with zero attached hydrogens (tertiary/aromatic N) is 1. The third-order valence-electron chi connectivity index (χ3n) is 5.61. The third-order valence-corrected chi connectivity index (χ3v) is 6.59. The Hall–Kier alpha value is -3.78. The van der Waals surface area contributed by atoms with Crippen molar-refractivity contribution in [3.63, 3.8) is 0 Å². The van der Waals surface area contributed by atoms with Gasteiger partial charge in [-0.15, -0.1) is 0 Å². The topological polar surface area (TPSA) is 97.8 Å². The monoisotopic (exact) mass is 477 g/mol. The molecule has 3 aromatic carbocycles. The Morgan fingerprint density at radius 1 is 0.794 bits per heavy atom. The molecular formula is C26H23NO6S. The maximum Gasteiger partial charge on any atom is 0.330 e. The largest absolute Gasteiger partial charge is 0.451 e. The first-order valence-electron chi connectivity index (χ1n) is 10.7. The SMILES string of the molecule is CS(=O)(=O)CC[C@H](C(=O)OC(c1ccccc1)c1ccccc1)N1C(=O)c2ccccc2C1=O. The minimum absolute atomic E-state index is 0.173. The molecule has 4 rings (SSSR count). The molecule has 1 atom stereocenters. The van der Waals surface area contributed by atoms with Gasteiger partial charge in [-0.3, -0.25) is 14.5 Å². The predicted octanol–water partition coefficient (Wildman–Crippen LogP) is 3.42. The fourth-order valence-electron chi connectivity index (χ4n) is 3.95. The van der Waals surface area contributed by atoms with E-state index in [0.29, 0.717) is 11.1 Å². The Kier molecular flexibility index (Phi) is 6.61. The molecule has 7 nitrogen and oxygen atoms in total. The van der Waals surface area contributed by atoms with E-state index in [9.17, 15) is 22.8 Å². The normalized spacial score (nSPS) is 14.2. The maximum atomic E-state index is 13.5. The van der Waals surface area contributed by atoms with E-state index >= 15 is 0 Å². The summed E-state index contributed by atoms with van der Waals surface area (Å²) >= 11 is 0. The molecule has 1 heterocycles. The number of benzene rings is 3. The van der Waals surface area contributed by atoms with Gasteiger partial charge in [-0.1, -0.05) is 72.8 Å². The van der Waals surface area contributed by atoms with Crippen LogP contribution in [0.1, 0.15) is 44.4 Å². The van der Waals surface area contributed by atoms with Gasteiger partial charge in [0.2, 0.25) is 0 Å². The second kappa shape index (κ2) is 9.61. The molecule has 0 radical (unpaired) electrons. The van der Waals surface area contributed by atoms with Gasteiger partial charge in [0.25, 0.3) is 11.8 Å². The molecule has 0 aromatic heterocycles. The van der Waals surface area contributed by atoms with Crippen LogP contribution in [-0.2, 0) is 19.4 Å². The number of carbonyl (C=O) groups is 3. The summed E-state index contributed by atoms with van der Waals surface area (Å²) in [5, 5.41) is 0. The van der Waals surface area contributed by atoms with E-state index < -0.39 is 39.8 Å². The van der Waals surface area contributed by atoms with E-state index in [1.54, 1.807) is 36.4 Å². The van der Waals surface area contributed by atoms with Crippen LogP contribution in [0.25, 0.3) is 0 Å². The standard InChI is InChI=1S/C26H23NO6S/c1-34(31,32)17-16-22(27-24(28)20-14-8-9-15-21(20)25(27)29)26(30)33-23(18-10-4-2-5-11-18)19-12-6-3-7-13-19/h2-15,22-23H,16-17H2,1H3/t22-/m1/s1. The average molecular weight is 478 g/mol. The minimum Gasteiger partial charge on any atom is -0.451 e. The molecule has 0 saturated heterocycles. The Morgan fingerprint density at radius 2 is 1.24 bits per heavy atom. The lowest BCUT2D eigenvalue weighted by Crippen LogP contribution is -2.46. The van der Waals surface area contributed by atoms with Crippen LogP contribution in [0.4, 0.5) is 0 Å². The molecular weight excluding hydrogens is 454 g/mol. The number of rotatable bonds is 8. The van der Waals surface area contributed by atoms with Crippen molar-refractivity contribution < 1.29 is 27.5 Å². The van der Waals surface area contributed by atoms with Crippen LogP contribution in [0.3, 0.4) is 0 Å². The van der Waals surface area contributed by atoms with Crippen LogP contribution in [0.15, 0.2) is 84.9 Å². The molecule has 0 spiro atoms. The number of sulfone groups is 1. The summed E-state index contributed by atoms with van der Waals surface area (Å²) in [6, 6.07) is 23.0. The molecule has 2 amide bonds. The van der Waals surface area contributed by atoms with E-state index in [0.717, 1.165) is 11.2 Å². The highest BCUT2D eigenvalue weighted by atomic mass is 32.2. The van der Waals surface area contributed by atoms with Crippen LogP contribution in [0, 0.1) is 0 Å². The minimum atomic E-state index is -3.47. The molecule has 1 aliphatic heterocycles. The fraction of sp³-hybridized carbons (Fsp3) is 0.192. The Labute approximate surface area is 197 Å². The van der Waals surface area contributed by atoms with Crippen molar-refractivity contribution in [1.82, 2.24) is 4.90 Å². The molecule has 0 N–H and O–H groups in total. The smallest absolute Gasteiger partial charge is 0.330 e. The zero-order valence-electron chi connectivity index (χ0n) is 18.5. The lowest BCUT2D eigenvalue weighted by molar-refractivity contribution is -0.152. The summed E-state index contributed by atoms with van der Waals surface area (Å²) in [7, 11) is -3.47. The first-order chi connectivity index (χ1) is 16.3. The Balaban J connectivity index is 1.69. The lowest BCUT2D eigenvalue weighted by Gasteiger charge is -2.27. The quantitative estimate of drug-likeness (QED) is 0.364. The molecule has 0 bridgehead atoms. The van der Waals surface area contributed by atoms with E-state index in [4.69, 9.17) is 4.74 Å². The second-order valence-electron chi connectivity index (χ2n) is 8.10. The first-order valence-corrected chi connectivity index (χ1v) is 12.8. The highest BCUT2D eigenvalue weighted by molar-refractivity contribution is 7.90. The number of fused-ring (bicyclic) bond motifs is 1. The number of imide groups is 1. The summed E-state index contributed by atoms with van der Waals surface area (Å²) in [6.45, 7) is 0. The van der Waals surface area contributed by atoms with E-state index in [1.165, 1.54) is 12.1 Å². The molecule has 0 saturated carbocycles. The number of esters is 1. The van der Waals surface area contributed by atoms with Gasteiger partial charge < -0.3 is 4.74 Å². The van der Waals surface area contributed by atoms with Gasteiger partial charge >= 0.3 is 5.97 Å². The molecule has 8 heteroatoms. The molecule has 0 aliphatic carbocycles. The zero-order chi connectivity index (χ0) is 24.3. The summed E-state index contributed by atoms with van der Waals surface area (Å²) in [4.78, 5) is 40.4. The zero-order valence-corrected chi connectivity index (χ0v) is 19.3. The second-order valence-corrected chi connectivity index (χ2v) is 10.4. The lowest BCUT2D eigenvalue weighted by atomic mass is 10.0. The van der Waals surface area contributed by atoms with Gasteiger partial charge in [0.1, 0.15) is 15.9 Å². The van der Waals surface area contributed by atoms with E-state index in [2.05, 4.69) is 0 Å². The highest BCUT2D eigenvalue weighted by Gasteiger charge is 2.44. The van der Waals surface area contributed by atoms with Gasteiger partial charge in [-0.05, 0) is 29.7 Å². The highest BCUT2D eigenvalue weighted by Crippen LogP contribution is 2.30. The number of hydrogen-bond donors (Lipinski definition) is 0. The van der Waals surface area contributed by atoms with Crippen molar-refractivity contribution in [2.75, 3.05) is 12.0 Å². The molecule has 0 unspecified atom stereocenters. The molecule has 174 valence electrons. The number of carbonyl (C=O) groups excluding carboxylic acids is 3. The van der Waals surface area contributed by atoms with Crippen LogP contribution in [0.5, 0.6) is 0 Å². The van der Waals surface area contributed by atoms with Gasteiger partial charge in [0.05, 0.1) is 16.9 Å². The number of ether oxygens (including phenoxy) is 1. The van der Waals surface area contributed by atoms with Crippen molar-refractivity contribution in [2.45, 2.75) is 18.6 Å². The van der Waals surface area contributed by atoms with E-state index in [-0.39, 0.29) is 23.3 Å². The first kappa shape index (κ1) is 23.4. The van der Waals surface area contributed by atoms with Crippen LogP contribution < -0.4 is 0 Å². The summed E-state index contributed by atoms with van der Waals surface area (Å²) in [5.41, 5.74) is 1.75. The summed E-state index contributed by atoms with van der Waals surface area (Å²) < 4.78 is 29.6. The maximum absolute atomic E-state index is 13.5. The molecule has 0 fully saturated rings. The van der Waals surface area contributed by atoms with Gasteiger partial charge in [0.15, 0.2) is 6.10 Å².